The highest BCUT2D eigenvalue weighted by molar-refractivity contribution is 8.00. The Bertz CT molecular complexity index is 210. The summed E-state index contributed by atoms with van der Waals surface area (Å²) in [5.41, 5.74) is 0. The first-order valence-corrected chi connectivity index (χ1v) is 5.84. The van der Waals surface area contributed by atoms with E-state index in [-0.39, 0.29) is 17.4 Å². The van der Waals surface area contributed by atoms with Gasteiger partial charge in [0, 0.05) is 20.2 Å². The molecular weight excluding hydrogens is 218 g/mol. The number of aliphatic carboxylic acids is 1. The number of rotatable bonds is 8. The zero-order chi connectivity index (χ0) is 11.7. The van der Waals surface area contributed by atoms with Crippen molar-refractivity contribution in [3.63, 3.8) is 0 Å². The van der Waals surface area contributed by atoms with Gasteiger partial charge in [0.05, 0.1) is 18.1 Å². The molecule has 0 radical (unpaired) electrons. The summed E-state index contributed by atoms with van der Waals surface area (Å²) in [7, 11) is 1.68. The molecule has 0 atom stereocenters. The van der Waals surface area contributed by atoms with Gasteiger partial charge in [-0.3, -0.25) is 9.59 Å². The molecule has 0 aliphatic rings. The van der Waals surface area contributed by atoms with Crippen molar-refractivity contribution in [2.24, 2.45) is 0 Å². The van der Waals surface area contributed by atoms with Gasteiger partial charge in [-0.15, -0.1) is 11.8 Å². The highest BCUT2D eigenvalue weighted by Gasteiger charge is 2.09. The standard InChI is InChI=1S/C9H17NO4S/c1-3-14-5-4-10(2)8(11)6-15-7-9(12)13/h3-7H2,1-2H3,(H,12,13). The van der Waals surface area contributed by atoms with Crippen LogP contribution in [-0.2, 0) is 14.3 Å². The Labute approximate surface area is 93.8 Å². The van der Waals surface area contributed by atoms with E-state index in [1.807, 2.05) is 6.92 Å². The van der Waals surface area contributed by atoms with Gasteiger partial charge in [-0.2, -0.15) is 0 Å². The second-order valence-corrected chi connectivity index (χ2v) is 3.88. The van der Waals surface area contributed by atoms with Crippen LogP contribution in [0.15, 0.2) is 0 Å². The minimum Gasteiger partial charge on any atom is -0.481 e. The summed E-state index contributed by atoms with van der Waals surface area (Å²) in [4.78, 5) is 23.1. The molecule has 0 fully saturated rings. The molecule has 0 bridgehead atoms. The molecule has 6 heteroatoms. The molecule has 0 saturated heterocycles. The third-order valence-corrected chi connectivity index (χ3v) is 2.55. The summed E-state index contributed by atoms with van der Waals surface area (Å²) in [6.45, 7) is 3.59. The minimum absolute atomic E-state index is 0.0367. The van der Waals surface area contributed by atoms with Gasteiger partial charge in [-0.1, -0.05) is 0 Å². The Hall–Kier alpha value is -0.750. The van der Waals surface area contributed by atoms with Crippen LogP contribution < -0.4 is 0 Å². The third-order valence-electron chi connectivity index (χ3n) is 1.65. The van der Waals surface area contributed by atoms with Gasteiger partial charge in [0.2, 0.25) is 5.91 Å². The van der Waals surface area contributed by atoms with E-state index >= 15 is 0 Å². The molecular formula is C9H17NO4S. The average molecular weight is 235 g/mol. The van der Waals surface area contributed by atoms with E-state index in [0.29, 0.717) is 19.8 Å². The van der Waals surface area contributed by atoms with Crippen molar-refractivity contribution in [3.8, 4) is 0 Å². The Morgan fingerprint density at radius 3 is 2.60 bits per heavy atom. The summed E-state index contributed by atoms with van der Waals surface area (Å²) >= 11 is 1.11. The maximum absolute atomic E-state index is 11.4. The fourth-order valence-electron chi connectivity index (χ4n) is 0.806. The zero-order valence-electron chi connectivity index (χ0n) is 9.06. The number of amides is 1. The molecule has 0 aliphatic carbocycles. The van der Waals surface area contributed by atoms with Crippen molar-refractivity contribution in [1.29, 1.82) is 0 Å². The van der Waals surface area contributed by atoms with Gasteiger partial charge in [0.1, 0.15) is 0 Å². The zero-order valence-corrected chi connectivity index (χ0v) is 9.88. The molecule has 0 rings (SSSR count). The van der Waals surface area contributed by atoms with Crippen LogP contribution in [0.3, 0.4) is 0 Å². The van der Waals surface area contributed by atoms with E-state index in [1.54, 1.807) is 11.9 Å². The van der Waals surface area contributed by atoms with Crippen molar-refractivity contribution in [2.45, 2.75) is 6.92 Å². The predicted octanol–water partition coefficient (Wildman–Crippen LogP) is 0.299. The summed E-state index contributed by atoms with van der Waals surface area (Å²) in [5, 5.41) is 8.37. The number of hydrogen-bond donors (Lipinski definition) is 1. The molecule has 1 amide bonds. The molecule has 0 unspecified atom stereocenters. The fourth-order valence-corrected chi connectivity index (χ4v) is 1.48. The minimum atomic E-state index is -0.898. The number of carboxylic acids is 1. The Kier molecular flexibility index (Phi) is 8.12. The smallest absolute Gasteiger partial charge is 0.313 e. The number of hydrogen-bond acceptors (Lipinski definition) is 4. The van der Waals surface area contributed by atoms with Crippen LogP contribution in [0.4, 0.5) is 0 Å². The summed E-state index contributed by atoms with van der Waals surface area (Å²) < 4.78 is 5.10. The molecule has 15 heavy (non-hydrogen) atoms. The molecule has 0 aromatic carbocycles. The van der Waals surface area contributed by atoms with Crippen LogP contribution >= 0.6 is 11.8 Å². The quantitative estimate of drug-likeness (QED) is 0.613. The number of likely N-dealkylation sites (N-methyl/N-ethyl adjacent to an activating group) is 1. The SMILES string of the molecule is CCOCCN(C)C(=O)CSCC(=O)O. The van der Waals surface area contributed by atoms with E-state index < -0.39 is 5.97 Å². The molecule has 1 N–H and O–H groups in total. The van der Waals surface area contributed by atoms with Crippen molar-refractivity contribution in [3.05, 3.63) is 0 Å². The maximum atomic E-state index is 11.4. The number of ether oxygens (including phenoxy) is 1. The largest absolute Gasteiger partial charge is 0.481 e. The Morgan fingerprint density at radius 1 is 1.40 bits per heavy atom. The molecule has 0 aliphatic heterocycles. The predicted molar refractivity (Wildman–Crippen MR) is 59.1 cm³/mol. The molecule has 0 heterocycles. The van der Waals surface area contributed by atoms with Crippen LogP contribution in [0.25, 0.3) is 0 Å². The topological polar surface area (TPSA) is 66.8 Å². The molecule has 0 aromatic rings. The summed E-state index contributed by atoms with van der Waals surface area (Å²) in [6.07, 6.45) is 0. The third kappa shape index (κ3) is 8.26. The first-order valence-electron chi connectivity index (χ1n) is 4.69. The number of thioether (sulfide) groups is 1. The van der Waals surface area contributed by atoms with Gasteiger partial charge in [0.25, 0.3) is 0 Å². The Balaban J connectivity index is 3.55. The van der Waals surface area contributed by atoms with Gasteiger partial charge in [-0.25, -0.2) is 0 Å². The van der Waals surface area contributed by atoms with Gasteiger partial charge in [0.15, 0.2) is 0 Å². The maximum Gasteiger partial charge on any atom is 0.313 e. The van der Waals surface area contributed by atoms with E-state index in [0.717, 1.165) is 11.8 Å². The summed E-state index contributed by atoms with van der Waals surface area (Å²) in [5.74, 6) is -0.800. The monoisotopic (exact) mass is 235 g/mol. The lowest BCUT2D eigenvalue weighted by Gasteiger charge is -2.16. The van der Waals surface area contributed by atoms with Gasteiger partial charge in [-0.05, 0) is 6.92 Å². The van der Waals surface area contributed by atoms with Crippen molar-refractivity contribution in [1.82, 2.24) is 4.90 Å². The van der Waals surface area contributed by atoms with E-state index in [9.17, 15) is 9.59 Å². The van der Waals surface area contributed by atoms with Crippen molar-refractivity contribution < 1.29 is 19.4 Å². The number of nitrogens with zero attached hydrogens (tertiary/aromatic N) is 1. The highest BCUT2D eigenvalue weighted by Crippen LogP contribution is 2.01. The second-order valence-electron chi connectivity index (χ2n) is 2.90. The second kappa shape index (κ2) is 8.55. The van der Waals surface area contributed by atoms with Gasteiger partial charge >= 0.3 is 5.97 Å². The average Bonchev–Trinajstić information content (AvgIpc) is 2.17. The van der Waals surface area contributed by atoms with Crippen molar-refractivity contribution >= 4 is 23.6 Å². The first kappa shape index (κ1) is 14.2. The Morgan fingerprint density at radius 2 is 2.07 bits per heavy atom. The van der Waals surface area contributed by atoms with Crippen LogP contribution in [0.1, 0.15) is 6.92 Å². The molecule has 0 spiro atoms. The summed E-state index contributed by atoms with van der Waals surface area (Å²) in [6, 6.07) is 0. The normalized spacial score (nSPS) is 10.0. The molecule has 0 aromatic heterocycles. The molecule has 0 saturated carbocycles. The van der Waals surface area contributed by atoms with E-state index in [4.69, 9.17) is 9.84 Å². The van der Waals surface area contributed by atoms with E-state index in [2.05, 4.69) is 0 Å². The fraction of sp³-hybridized carbons (Fsp3) is 0.778. The molecule has 5 nitrogen and oxygen atoms in total. The van der Waals surface area contributed by atoms with E-state index in [1.165, 1.54) is 0 Å². The lowest BCUT2D eigenvalue weighted by Crippen LogP contribution is -2.31. The number of carbonyl (C=O) groups excluding carboxylic acids is 1. The van der Waals surface area contributed by atoms with Gasteiger partial charge < -0.3 is 14.7 Å². The van der Waals surface area contributed by atoms with Crippen LogP contribution in [0.2, 0.25) is 0 Å². The van der Waals surface area contributed by atoms with Crippen molar-refractivity contribution in [2.75, 3.05) is 38.3 Å². The lowest BCUT2D eigenvalue weighted by molar-refractivity contribution is -0.133. The van der Waals surface area contributed by atoms with Crippen LogP contribution in [0, 0.1) is 0 Å². The van der Waals surface area contributed by atoms with Crippen LogP contribution in [0.5, 0.6) is 0 Å². The first-order chi connectivity index (χ1) is 7.07. The number of carboxylic acid groups (broad SMARTS) is 1. The lowest BCUT2D eigenvalue weighted by atomic mass is 10.5. The highest BCUT2D eigenvalue weighted by atomic mass is 32.2. The number of carbonyl (C=O) groups is 2. The van der Waals surface area contributed by atoms with Crippen LogP contribution in [-0.4, -0.2) is 60.2 Å². The molecule has 88 valence electrons.